The number of anilines is 3. The molecular formula is C24H21N3O5S. The summed E-state index contributed by atoms with van der Waals surface area (Å²) in [5.74, 6) is -0.225. The van der Waals surface area contributed by atoms with Crippen LogP contribution in [-0.4, -0.2) is 32.9 Å². The molecule has 0 fully saturated rings. The highest BCUT2D eigenvalue weighted by Crippen LogP contribution is 2.34. The van der Waals surface area contributed by atoms with Gasteiger partial charge in [-0.2, -0.15) is 0 Å². The molecule has 2 heterocycles. The van der Waals surface area contributed by atoms with E-state index in [1.807, 2.05) is 18.2 Å². The van der Waals surface area contributed by atoms with Crippen molar-refractivity contribution >= 4 is 38.9 Å². The summed E-state index contributed by atoms with van der Waals surface area (Å²) in [4.78, 5) is 24.8. The molecule has 0 radical (unpaired) electrons. The van der Waals surface area contributed by atoms with Crippen LogP contribution >= 0.6 is 0 Å². The number of sulfonamides is 1. The van der Waals surface area contributed by atoms with Crippen LogP contribution in [0.25, 0.3) is 0 Å². The van der Waals surface area contributed by atoms with Gasteiger partial charge in [-0.3, -0.25) is 13.9 Å². The Morgan fingerprint density at radius 2 is 1.91 bits per heavy atom. The van der Waals surface area contributed by atoms with Crippen molar-refractivity contribution in [2.75, 3.05) is 21.5 Å². The summed E-state index contributed by atoms with van der Waals surface area (Å²) in [6.45, 7) is 2.01. The van der Waals surface area contributed by atoms with Gasteiger partial charge in [-0.1, -0.05) is 24.3 Å². The molecule has 2 N–H and O–H groups in total. The molecule has 0 aliphatic carbocycles. The summed E-state index contributed by atoms with van der Waals surface area (Å²) < 4.78 is 33.5. The number of ether oxygens (including phenoxy) is 1. The van der Waals surface area contributed by atoms with E-state index in [4.69, 9.17) is 4.74 Å². The lowest BCUT2D eigenvalue weighted by molar-refractivity contribution is -0.122. The molecule has 0 bridgehead atoms. The number of carbonyl (C=O) groups is 2. The minimum Gasteiger partial charge on any atom is -0.479 e. The SMILES string of the molecule is CC1Oc2ccc(NC(=O)c3cccc(S(=O)(=O)N4CCc5ccccc54)c3)cc2NC1=O. The van der Waals surface area contributed by atoms with E-state index in [0.717, 1.165) is 5.56 Å². The third-order valence-corrected chi connectivity index (χ3v) is 7.51. The molecule has 2 aliphatic heterocycles. The molecule has 0 saturated carbocycles. The molecule has 1 unspecified atom stereocenters. The fourth-order valence-electron chi connectivity index (χ4n) is 3.97. The number of carbonyl (C=O) groups excluding carboxylic acids is 2. The highest BCUT2D eigenvalue weighted by Gasteiger charge is 2.31. The Kier molecular flexibility index (Phi) is 5.05. The van der Waals surface area contributed by atoms with Gasteiger partial charge in [0.2, 0.25) is 0 Å². The molecular weight excluding hydrogens is 442 g/mol. The number of rotatable bonds is 4. The van der Waals surface area contributed by atoms with Crippen LogP contribution in [0.1, 0.15) is 22.8 Å². The van der Waals surface area contributed by atoms with Crippen LogP contribution in [0.4, 0.5) is 17.1 Å². The molecule has 0 saturated heterocycles. The van der Waals surface area contributed by atoms with Crippen LogP contribution in [-0.2, 0) is 21.2 Å². The Bertz CT molecular complexity index is 1390. The summed E-state index contributed by atoms with van der Waals surface area (Å²) in [5, 5.41) is 5.48. The number of hydrogen-bond acceptors (Lipinski definition) is 5. The van der Waals surface area contributed by atoms with Crippen LogP contribution in [0.3, 0.4) is 0 Å². The predicted molar refractivity (Wildman–Crippen MR) is 124 cm³/mol. The van der Waals surface area contributed by atoms with Gasteiger partial charge in [0.15, 0.2) is 6.10 Å². The summed E-state index contributed by atoms with van der Waals surface area (Å²) in [6, 6.07) is 18.3. The van der Waals surface area contributed by atoms with E-state index >= 15 is 0 Å². The van der Waals surface area contributed by atoms with Crippen molar-refractivity contribution in [1.29, 1.82) is 0 Å². The minimum atomic E-state index is -3.82. The number of amides is 2. The largest absolute Gasteiger partial charge is 0.479 e. The highest BCUT2D eigenvalue weighted by atomic mass is 32.2. The molecule has 33 heavy (non-hydrogen) atoms. The number of hydrogen-bond donors (Lipinski definition) is 2. The lowest BCUT2D eigenvalue weighted by Gasteiger charge is -2.23. The maximum atomic E-state index is 13.3. The first-order valence-corrected chi connectivity index (χ1v) is 11.9. The van der Waals surface area contributed by atoms with E-state index in [9.17, 15) is 18.0 Å². The van der Waals surface area contributed by atoms with Crippen molar-refractivity contribution < 1.29 is 22.7 Å². The van der Waals surface area contributed by atoms with Gasteiger partial charge in [0, 0.05) is 17.8 Å². The Balaban J connectivity index is 1.38. The molecule has 8 nitrogen and oxygen atoms in total. The predicted octanol–water partition coefficient (Wildman–Crippen LogP) is 3.41. The second-order valence-electron chi connectivity index (χ2n) is 7.90. The zero-order valence-corrected chi connectivity index (χ0v) is 18.6. The summed E-state index contributed by atoms with van der Waals surface area (Å²) in [6.07, 6.45) is 0.0534. The third-order valence-electron chi connectivity index (χ3n) is 5.70. The van der Waals surface area contributed by atoms with E-state index in [1.54, 1.807) is 43.3 Å². The van der Waals surface area contributed by atoms with Crippen molar-refractivity contribution in [3.63, 3.8) is 0 Å². The van der Waals surface area contributed by atoms with Gasteiger partial charge in [-0.05, 0) is 61.4 Å². The van der Waals surface area contributed by atoms with Crippen molar-refractivity contribution in [1.82, 2.24) is 0 Å². The zero-order chi connectivity index (χ0) is 23.2. The van der Waals surface area contributed by atoms with Crippen LogP contribution in [0.15, 0.2) is 71.6 Å². The molecule has 5 rings (SSSR count). The summed E-state index contributed by atoms with van der Waals surface area (Å²) in [7, 11) is -3.82. The molecule has 1 atom stereocenters. The van der Waals surface area contributed by atoms with Crippen LogP contribution in [0.2, 0.25) is 0 Å². The van der Waals surface area contributed by atoms with Gasteiger partial charge < -0.3 is 15.4 Å². The quantitative estimate of drug-likeness (QED) is 0.617. The van der Waals surface area contributed by atoms with Crippen molar-refractivity contribution in [2.45, 2.75) is 24.3 Å². The number of nitrogens with zero attached hydrogens (tertiary/aromatic N) is 1. The molecule has 0 aromatic heterocycles. The lowest BCUT2D eigenvalue weighted by Crippen LogP contribution is -2.34. The summed E-state index contributed by atoms with van der Waals surface area (Å²) in [5.41, 5.74) is 2.75. The van der Waals surface area contributed by atoms with E-state index in [2.05, 4.69) is 10.6 Å². The van der Waals surface area contributed by atoms with E-state index in [1.165, 1.54) is 16.4 Å². The second kappa shape index (κ2) is 7.93. The van der Waals surface area contributed by atoms with Crippen molar-refractivity contribution in [3.05, 3.63) is 77.9 Å². The Hall–Kier alpha value is -3.85. The van der Waals surface area contributed by atoms with Crippen LogP contribution < -0.4 is 19.7 Å². The first-order valence-electron chi connectivity index (χ1n) is 10.5. The van der Waals surface area contributed by atoms with Crippen LogP contribution in [0.5, 0.6) is 5.75 Å². The average molecular weight is 464 g/mol. The molecule has 2 aliphatic rings. The van der Waals surface area contributed by atoms with Gasteiger partial charge in [-0.25, -0.2) is 8.42 Å². The molecule has 168 valence electrons. The lowest BCUT2D eigenvalue weighted by atomic mass is 10.2. The van der Waals surface area contributed by atoms with E-state index < -0.39 is 22.0 Å². The smallest absolute Gasteiger partial charge is 0.265 e. The molecule has 3 aromatic rings. The molecule has 0 spiro atoms. The highest BCUT2D eigenvalue weighted by molar-refractivity contribution is 7.92. The van der Waals surface area contributed by atoms with Gasteiger partial charge in [0.1, 0.15) is 5.75 Å². The minimum absolute atomic E-state index is 0.0481. The number of benzene rings is 3. The Labute approximate surface area is 191 Å². The number of para-hydroxylation sites is 1. The first kappa shape index (κ1) is 21.0. The summed E-state index contributed by atoms with van der Waals surface area (Å²) >= 11 is 0. The number of nitrogens with one attached hydrogen (secondary N) is 2. The second-order valence-corrected chi connectivity index (χ2v) is 9.76. The monoisotopic (exact) mass is 463 g/mol. The standard InChI is InChI=1S/C24H21N3O5S/c1-15-23(28)26-20-14-18(9-10-22(20)32-15)25-24(29)17-6-4-7-19(13-17)33(30,31)27-12-11-16-5-2-3-8-21(16)27/h2-10,13-15H,11-12H2,1H3,(H,25,29)(H,26,28). The zero-order valence-electron chi connectivity index (χ0n) is 17.7. The fraction of sp³-hybridized carbons (Fsp3) is 0.167. The molecule has 2 amide bonds. The van der Waals surface area contributed by atoms with Gasteiger partial charge in [-0.15, -0.1) is 0 Å². The normalized spacial score (nSPS) is 16.9. The van der Waals surface area contributed by atoms with Gasteiger partial charge >= 0.3 is 0 Å². The Morgan fingerprint density at radius 1 is 1.09 bits per heavy atom. The van der Waals surface area contributed by atoms with Crippen molar-refractivity contribution in [3.8, 4) is 5.75 Å². The van der Waals surface area contributed by atoms with Gasteiger partial charge in [0.25, 0.3) is 21.8 Å². The molecule has 3 aromatic carbocycles. The Morgan fingerprint density at radius 3 is 2.76 bits per heavy atom. The maximum absolute atomic E-state index is 13.3. The van der Waals surface area contributed by atoms with Crippen LogP contribution in [0, 0.1) is 0 Å². The van der Waals surface area contributed by atoms with Gasteiger partial charge in [0.05, 0.1) is 16.3 Å². The first-order chi connectivity index (χ1) is 15.8. The average Bonchev–Trinajstić information content (AvgIpc) is 3.25. The fourth-order valence-corrected chi connectivity index (χ4v) is 5.52. The van der Waals surface area contributed by atoms with Crippen molar-refractivity contribution in [2.24, 2.45) is 0 Å². The maximum Gasteiger partial charge on any atom is 0.265 e. The molecule has 9 heteroatoms. The number of fused-ring (bicyclic) bond motifs is 2. The topological polar surface area (TPSA) is 105 Å². The van der Waals surface area contributed by atoms with E-state index in [0.29, 0.717) is 35.8 Å². The van der Waals surface area contributed by atoms with E-state index in [-0.39, 0.29) is 16.4 Å². The third kappa shape index (κ3) is 3.80.